The molecule has 1 fully saturated rings. The van der Waals surface area contributed by atoms with Gasteiger partial charge in [0.15, 0.2) is 5.17 Å². The number of amides is 1. The van der Waals surface area contributed by atoms with Crippen LogP contribution in [0.1, 0.15) is 24.0 Å². The van der Waals surface area contributed by atoms with E-state index in [9.17, 15) is 4.79 Å². The van der Waals surface area contributed by atoms with Gasteiger partial charge >= 0.3 is 0 Å². The van der Waals surface area contributed by atoms with Gasteiger partial charge in [-0.05, 0) is 43.2 Å². The molecule has 1 aromatic rings. The maximum atomic E-state index is 11.9. The Kier molecular flexibility index (Phi) is 3.42. The molecular weight excluding hydrogens is 256 g/mol. The first-order valence-electron chi connectivity index (χ1n) is 6.56. The third-order valence-corrected chi connectivity index (χ3v) is 4.37. The molecule has 98 valence electrons. The van der Waals surface area contributed by atoms with Crippen LogP contribution in [0.25, 0.3) is 6.08 Å². The van der Waals surface area contributed by atoms with E-state index in [-0.39, 0.29) is 5.91 Å². The quantitative estimate of drug-likeness (QED) is 0.737. The molecule has 0 radical (unpaired) electrons. The molecule has 0 unspecified atom stereocenters. The first-order chi connectivity index (χ1) is 9.22. The third-order valence-electron chi connectivity index (χ3n) is 3.33. The second-order valence-electron chi connectivity index (χ2n) is 4.92. The average molecular weight is 272 g/mol. The maximum Gasteiger partial charge on any atom is 0.286 e. The molecule has 4 heteroatoms. The van der Waals surface area contributed by atoms with E-state index in [1.807, 2.05) is 18.2 Å². The van der Waals surface area contributed by atoms with Crippen LogP contribution in [-0.4, -0.2) is 29.1 Å². The lowest BCUT2D eigenvalue weighted by Crippen LogP contribution is -2.23. The lowest BCUT2D eigenvalue weighted by Gasteiger charge is -2.14. The van der Waals surface area contributed by atoms with Crippen LogP contribution >= 0.6 is 11.8 Å². The van der Waals surface area contributed by atoms with Gasteiger partial charge in [-0.2, -0.15) is 4.99 Å². The van der Waals surface area contributed by atoms with Gasteiger partial charge < -0.3 is 4.90 Å². The molecule has 1 saturated heterocycles. The fraction of sp³-hybridized carbons (Fsp3) is 0.333. The van der Waals surface area contributed by atoms with Crippen LogP contribution in [0.5, 0.6) is 0 Å². The van der Waals surface area contributed by atoms with E-state index in [1.165, 1.54) is 30.2 Å². The van der Waals surface area contributed by atoms with Gasteiger partial charge in [-0.1, -0.05) is 29.8 Å². The van der Waals surface area contributed by atoms with Crippen molar-refractivity contribution in [1.82, 2.24) is 4.90 Å². The molecule has 19 heavy (non-hydrogen) atoms. The van der Waals surface area contributed by atoms with Crippen molar-refractivity contribution in [2.45, 2.75) is 19.8 Å². The summed E-state index contributed by atoms with van der Waals surface area (Å²) in [6.07, 6.45) is 4.34. The standard InChI is InChI=1S/C15H16N2OS/c1-11-5-4-6-12(9-11)10-13-14(18)16-15(19-13)17-7-2-3-8-17/h4-6,9-10H,2-3,7-8H2,1H3/b13-10+. The molecule has 1 aromatic carbocycles. The Morgan fingerprint density at radius 1 is 1.32 bits per heavy atom. The summed E-state index contributed by atoms with van der Waals surface area (Å²) in [7, 11) is 0. The first-order valence-corrected chi connectivity index (χ1v) is 7.38. The van der Waals surface area contributed by atoms with E-state index >= 15 is 0 Å². The summed E-state index contributed by atoms with van der Waals surface area (Å²) in [5, 5.41) is 0.876. The number of thioether (sulfide) groups is 1. The molecule has 0 spiro atoms. The predicted molar refractivity (Wildman–Crippen MR) is 80.0 cm³/mol. The van der Waals surface area contributed by atoms with Gasteiger partial charge in [0.1, 0.15) is 0 Å². The number of carbonyl (C=O) groups is 1. The van der Waals surface area contributed by atoms with Crippen LogP contribution in [0.15, 0.2) is 34.2 Å². The van der Waals surface area contributed by atoms with Crippen LogP contribution in [-0.2, 0) is 4.79 Å². The summed E-state index contributed by atoms with van der Waals surface area (Å²) in [5.41, 5.74) is 2.26. The Hall–Kier alpha value is -1.55. The molecule has 0 atom stereocenters. The number of aryl methyl sites for hydroxylation is 1. The van der Waals surface area contributed by atoms with Crippen molar-refractivity contribution in [1.29, 1.82) is 0 Å². The molecule has 2 aliphatic heterocycles. The average Bonchev–Trinajstić information content (AvgIpc) is 3.00. The van der Waals surface area contributed by atoms with Gasteiger partial charge in [0, 0.05) is 13.1 Å². The lowest BCUT2D eigenvalue weighted by molar-refractivity contribution is -0.113. The van der Waals surface area contributed by atoms with E-state index in [0.29, 0.717) is 0 Å². The predicted octanol–water partition coefficient (Wildman–Crippen LogP) is 3.06. The summed E-state index contributed by atoms with van der Waals surface area (Å²) in [5.74, 6) is -0.103. The molecule has 3 rings (SSSR count). The zero-order valence-corrected chi connectivity index (χ0v) is 11.7. The highest BCUT2D eigenvalue weighted by Crippen LogP contribution is 2.31. The van der Waals surface area contributed by atoms with Crippen LogP contribution in [0.4, 0.5) is 0 Å². The minimum Gasteiger partial charge on any atom is -0.351 e. The number of benzene rings is 1. The van der Waals surface area contributed by atoms with Crippen LogP contribution in [0, 0.1) is 6.92 Å². The lowest BCUT2D eigenvalue weighted by atomic mass is 10.1. The third kappa shape index (κ3) is 2.73. The molecule has 0 N–H and O–H groups in total. The number of carbonyl (C=O) groups excluding carboxylic acids is 1. The monoisotopic (exact) mass is 272 g/mol. The zero-order chi connectivity index (χ0) is 13.2. The Bertz CT molecular complexity index is 571. The van der Waals surface area contributed by atoms with Crippen molar-refractivity contribution in [2.24, 2.45) is 4.99 Å². The molecule has 0 aliphatic carbocycles. The number of amidine groups is 1. The fourth-order valence-corrected chi connectivity index (χ4v) is 3.32. The van der Waals surface area contributed by atoms with Gasteiger partial charge in [-0.15, -0.1) is 0 Å². The van der Waals surface area contributed by atoms with Crippen molar-refractivity contribution >= 4 is 28.9 Å². The van der Waals surface area contributed by atoms with E-state index in [4.69, 9.17) is 0 Å². The van der Waals surface area contributed by atoms with Crippen LogP contribution < -0.4 is 0 Å². The van der Waals surface area contributed by atoms with Gasteiger partial charge in [0.25, 0.3) is 5.91 Å². The molecule has 3 nitrogen and oxygen atoms in total. The highest BCUT2D eigenvalue weighted by atomic mass is 32.2. The van der Waals surface area contributed by atoms with Gasteiger partial charge in [-0.3, -0.25) is 4.79 Å². The summed E-state index contributed by atoms with van der Waals surface area (Å²) in [6.45, 7) is 4.10. The molecule has 2 heterocycles. The van der Waals surface area contributed by atoms with Crippen molar-refractivity contribution < 1.29 is 4.79 Å². The van der Waals surface area contributed by atoms with E-state index in [0.717, 1.165) is 28.7 Å². The molecular formula is C15H16N2OS. The summed E-state index contributed by atoms with van der Waals surface area (Å²) >= 11 is 1.50. The molecule has 2 aliphatic rings. The molecule has 0 bridgehead atoms. The normalized spacial score (nSPS) is 21.3. The maximum absolute atomic E-state index is 11.9. The molecule has 0 aromatic heterocycles. The second-order valence-corrected chi connectivity index (χ2v) is 5.93. The minimum atomic E-state index is -0.103. The van der Waals surface area contributed by atoms with E-state index < -0.39 is 0 Å². The van der Waals surface area contributed by atoms with Crippen molar-refractivity contribution in [3.8, 4) is 0 Å². The SMILES string of the molecule is Cc1cccc(/C=C2/SC(N3CCCC3)=NC2=O)c1. The fourth-order valence-electron chi connectivity index (χ4n) is 2.35. The Labute approximate surface area is 117 Å². The first kappa shape index (κ1) is 12.5. The largest absolute Gasteiger partial charge is 0.351 e. The summed E-state index contributed by atoms with van der Waals surface area (Å²) < 4.78 is 0. The number of likely N-dealkylation sites (tertiary alicyclic amines) is 1. The van der Waals surface area contributed by atoms with Gasteiger partial charge in [0.05, 0.1) is 4.91 Å². The van der Waals surface area contributed by atoms with Gasteiger partial charge in [-0.25, -0.2) is 0 Å². The Balaban J connectivity index is 1.79. The van der Waals surface area contributed by atoms with Gasteiger partial charge in [0.2, 0.25) is 0 Å². The topological polar surface area (TPSA) is 32.7 Å². The van der Waals surface area contributed by atoms with E-state index in [2.05, 4.69) is 28.9 Å². The van der Waals surface area contributed by atoms with Crippen molar-refractivity contribution in [3.63, 3.8) is 0 Å². The molecule has 1 amide bonds. The summed E-state index contributed by atoms with van der Waals surface area (Å²) in [6, 6.07) is 8.15. The number of hydrogen-bond acceptors (Lipinski definition) is 3. The highest BCUT2D eigenvalue weighted by Gasteiger charge is 2.27. The van der Waals surface area contributed by atoms with Crippen molar-refractivity contribution in [3.05, 3.63) is 40.3 Å². The van der Waals surface area contributed by atoms with Crippen LogP contribution in [0.3, 0.4) is 0 Å². The number of aliphatic imine (C=N–C) groups is 1. The Morgan fingerprint density at radius 3 is 2.84 bits per heavy atom. The van der Waals surface area contributed by atoms with Crippen molar-refractivity contribution in [2.75, 3.05) is 13.1 Å². The van der Waals surface area contributed by atoms with E-state index in [1.54, 1.807) is 0 Å². The number of hydrogen-bond donors (Lipinski definition) is 0. The molecule has 0 saturated carbocycles. The second kappa shape index (κ2) is 5.21. The zero-order valence-electron chi connectivity index (χ0n) is 10.9. The highest BCUT2D eigenvalue weighted by molar-refractivity contribution is 8.18. The minimum absolute atomic E-state index is 0.103. The van der Waals surface area contributed by atoms with Crippen LogP contribution in [0.2, 0.25) is 0 Å². The summed E-state index contributed by atoms with van der Waals surface area (Å²) in [4.78, 5) is 19.0. The number of nitrogens with zero attached hydrogens (tertiary/aromatic N) is 2. The smallest absolute Gasteiger partial charge is 0.286 e. The number of rotatable bonds is 1. The Morgan fingerprint density at radius 2 is 2.11 bits per heavy atom.